The molecule has 0 N–H and O–H groups in total. The molecule has 4 heteroatoms. The van der Waals surface area contributed by atoms with Gasteiger partial charge in [0.25, 0.3) is 0 Å². The lowest BCUT2D eigenvalue weighted by atomic mass is 10.2. The van der Waals surface area contributed by atoms with Gasteiger partial charge in [-0.15, -0.1) is 11.8 Å². The fourth-order valence-corrected chi connectivity index (χ4v) is 2.37. The Morgan fingerprint density at radius 2 is 1.30 bits per heavy atom. The summed E-state index contributed by atoms with van der Waals surface area (Å²) in [4.78, 5) is 14.6. The van der Waals surface area contributed by atoms with Crippen LogP contribution >= 0.6 is 11.8 Å². The summed E-state index contributed by atoms with van der Waals surface area (Å²) in [5, 5.41) is 0. The van der Waals surface area contributed by atoms with Crippen molar-refractivity contribution < 1.29 is 0 Å². The zero-order chi connectivity index (χ0) is 13.8. The lowest BCUT2D eigenvalue weighted by Crippen LogP contribution is -1.92. The van der Waals surface area contributed by atoms with E-state index in [2.05, 4.69) is 33.3 Å². The minimum atomic E-state index is 0.873. The van der Waals surface area contributed by atoms with Gasteiger partial charge in [-0.2, -0.15) is 0 Å². The SMILES string of the molecule is CSc1cc(-c2ccccn2)nc(-c2ccccn2)c1. The van der Waals surface area contributed by atoms with Crippen LogP contribution in [0.2, 0.25) is 0 Å². The van der Waals surface area contributed by atoms with Gasteiger partial charge in [-0.3, -0.25) is 9.97 Å². The molecular formula is C16H13N3S. The van der Waals surface area contributed by atoms with Crippen molar-refractivity contribution in [1.82, 2.24) is 15.0 Å². The topological polar surface area (TPSA) is 38.7 Å². The molecule has 0 aliphatic heterocycles. The molecule has 0 unspecified atom stereocenters. The molecule has 0 atom stereocenters. The van der Waals surface area contributed by atoms with E-state index >= 15 is 0 Å². The molecule has 0 aliphatic carbocycles. The van der Waals surface area contributed by atoms with Crippen LogP contribution in [0.5, 0.6) is 0 Å². The van der Waals surface area contributed by atoms with Crippen LogP contribution in [0, 0.1) is 0 Å². The molecule has 0 fully saturated rings. The fourth-order valence-electron chi connectivity index (χ4n) is 1.91. The molecule has 3 rings (SSSR count). The first-order valence-electron chi connectivity index (χ1n) is 6.26. The molecule has 3 heterocycles. The Morgan fingerprint density at radius 1 is 0.750 bits per heavy atom. The maximum absolute atomic E-state index is 4.68. The van der Waals surface area contributed by atoms with Gasteiger partial charge in [-0.1, -0.05) is 12.1 Å². The molecule has 0 bridgehead atoms. The summed E-state index contributed by atoms with van der Waals surface area (Å²) in [5.41, 5.74) is 3.50. The molecular weight excluding hydrogens is 266 g/mol. The van der Waals surface area contributed by atoms with Gasteiger partial charge in [-0.25, -0.2) is 4.98 Å². The standard InChI is InChI=1S/C16H13N3S/c1-20-12-10-15(13-6-2-4-8-17-13)19-16(11-12)14-7-3-5-9-18-14/h2-11H,1H3. The van der Waals surface area contributed by atoms with Crippen molar-refractivity contribution in [3.05, 3.63) is 60.9 Å². The lowest BCUT2D eigenvalue weighted by Gasteiger charge is -2.07. The maximum Gasteiger partial charge on any atom is 0.0905 e. The van der Waals surface area contributed by atoms with Crippen LogP contribution in [0.1, 0.15) is 0 Å². The van der Waals surface area contributed by atoms with Crippen molar-refractivity contribution in [1.29, 1.82) is 0 Å². The van der Waals surface area contributed by atoms with Gasteiger partial charge in [0.15, 0.2) is 0 Å². The second kappa shape index (κ2) is 5.84. The lowest BCUT2D eigenvalue weighted by molar-refractivity contribution is 1.19. The Balaban J connectivity index is 2.13. The van der Waals surface area contributed by atoms with E-state index in [4.69, 9.17) is 0 Å². The quantitative estimate of drug-likeness (QED) is 0.681. The highest BCUT2D eigenvalue weighted by atomic mass is 32.2. The first-order valence-corrected chi connectivity index (χ1v) is 7.48. The van der Waals surface area contributed by atoms with E-state index in [9.17, 15) is 0 Å². The van der Waals surface area contributed by atoms with Gasteiger partial charge in [0.05, 0.1) is 22.8 Å². The number of pyridine rings is 3. The van der Waals surface area contributed by atoms with Gasteiger partial charge in [0, 0.05) is 17.3 Å². The van der Waals surface area contributed by atoms with Crippen LogP contribution < -0.4 is 0 Å². The Labute approximate surface area is 122 Å². The zero-order valence-electron chi connectivity index (χ0n) is 11.0. The number of aromatic nitrogens is 3. The summed E-state index contributed by atoms with van der Waals surface area (Å²) in [7, 11) is 0. The summed E-state index contributed by atoms with van der Waals surface area (Å²) in [6.07, 6.45) is 5.62. The molecule has 0 aromatic carbocycles. The molecule has 3 nitrogen and oxygen atoms in total. The highest BCUT2D eigenvalue weighted by Crippen LogP contribution is 2.26. The summed E-state index contributed by atoms with van der Waals surface area (Å²) >= 11 is 1.69. The molecule has 0 radical (unpaired) electrons. The van der Waals surface area contributed by atoms with Crippen molar-refractivity contribution in [2.75, 3.05) is 6.26 Å². The van der Waals surface area contributed by atoms with Crippen molar-refractivity contribution in [3.63, 3.8) is 0 Å². The van der Waals surface area contributed by atoms with Crippen LogP contribution in [-0.2, 0) is 0 Å². The van der Waals surface area contributed by atoms with Gasteiger partial charge in [0.2, 0.25) is 0 Å². The number of nitrogens with zero attached hydrogens (tertiary/aromatic N) is 3. The molecule has 98 valence electrons. The Bertz CT molecular complexity index is 642. The third-order valence-electron chi connectivity index (χ3n) is 2.89. The predicted octanol–water partition coefficient (Wildman–Crippen LogP) is 3.93. The fraction of sp³-hybridized carbons (Fsp3) is 0.0625. The highest BCUT2D eigenvalue weighted by Gasteiger charge is 2.08. The average molecular weight is 279 g/mol. The zero-order valence-corrected chi connectivity index (χ0v) is 11.8. The van der Waals surface area contributed by atoms with E-state index in [1.165, 1.54) is 0 Å². The van der Waals surface area contributed by atoms with E-state index in [1.54, 1.807) is 24.2 Å². The summed E-state index contributed by atoms with van der Waals surface area (Å²) in [6, 6.07) is 15.8. The maximum atomic E-state index is 4.68. The van der Waals surface area contributed by atoms with E-state index < -0.39 is 0 Å². The minimum Gasteiger partial charge on any atom is -0.255 e. The van der Waals surface area contributed by atoms with E-state index in [1.807, 2.05) is 36.4 Å². The van der Waals surface area contributed by atoms with Crippen LogP contribution in [0.3, 0.4) is 0 Å². The minimum absolute atomic E-state index is 0.873. The molecule has 3 aromatic heterocycles. The van der Waals surface area contributed by atoms with Crippen molar-refractivity contribution in [3.8, 4) is 22.8 Å². The molecule has 0 spiro atoms. The van der Waals surface area contributed by atoms with Gasteiger partial charge in [0.1, 0.15) is 0 Å². The number of rotatable bonds is 3. The van der Waals surface area contributed by atoms with Crippen molar-refractivity contribution in [2.45, 2.75) is 4.90 Å². The van der Waals surface area contributed by atoms with E-state index in [-0.39, 0.29) is 0 Å². The molecule has 0 saturated heterocycles. The number of hydrogen-bond donors (Lipinski definition) is 0. The second-order valence-corrected chi connectivity index (χ2v) is 5.09. The average Bonchev–Trinajstić information content (AvgIpc) is 2.56. The van der Waals surface area contributed by atoms with Crippen LogP contribution in [-0.4, -0.2) is 21.2 Å². The Hall–Kier alpha value is -2.20. The van der Waals surface area contributed by atoms with Crippen LogP contribution in [0.4, 0.5) is 0 Å². The molecule has 0 aliphatic rings. The number of hydrogen-bond acceptors (Lipinski definition) is 4. The van der Waals surface area contributed by atoms with Gasteiger partial charge >= 0.3 is 0 Å². The van der Waals surface area contributed by atoms with Gasteiger partial charge in [-0.05, 0) is 42.7 Å². The van der Waals surface area contributed by atoms with Crippen LogP contribution in [0.15, 0.2) is 65.8 Å². The van der Waals surface area contributed by atoms with Gasteiger partial charge < -0.3 is 0 Å². The predicted molar refractivity (Wildman–Crippen MR) is 82.5 cm³/mol. The molecule has 20 heavy (non-hydrogen) atoms. The van der Waals surface area contributed by atoms with Crippen molar-refractivity contribution in [2.24, 2.45) is 0 Å². The highest BCUT2D eigenvalue weighted by molar-refractivity contribution is 7.98. The first kappa shape index (κ1) is 12.8. The third-order valence-corrected chi connectivity index (χ3v) is 3.60. The van der Waals surface area contributed by atoms with E-state index in [0.717, 1.165) is 27.7 Å². The second-order valence-electron chi connectivity index (χ2n) is 4.21. The molecule has 3 aromatic rings. The Morgan fingerprint density at radius 3 is 1.70 bits per heavy atom. The normalized spacial score (nSPS) is 10.4. The largest absolute Gasteiger partial charge is 0.255 e. The monoisotopic (exact) mass is 279 g/mol. The first-order chi connectivity index (χ1) is 9.86. The summed E-state index contributed by atoms with van der Waals surface area (Å²) in [6.45, 7) is 0. The third kappa shape index (κ3) is 2.70. The smallest absolute Gasteiger partial charge is 0.0905 e. The summed E-state index contributed by atoms with van der Waals surface area (Å²) < 4.78 is 0. The van der Waals surface area contributed by atoms with Crippen molar-refractivity contribution >= 4 is 11.8 Å². The van der Waals surface area contributed by atoms with E-state index in [0.29, 0.717) is 0 Å². The number of thioether (sulfide) groups is 1. The Kier molecular flexibility index (Phi) is 3.74. The van der Waals surface area contributed by atoms with Crippen LogP contribution in [0.25, 0.3) is 22.8 Å². The summed E-state index contributed by atoms with van der Waals surface area (Å²) in [5.74, 6) is 0. The molecule has 0 amide bonds. The molecule has 0 saturated carbocycles.